The lowest BCUT2D eigenvalue weighted by atomic mass is 9.59. The molecule has 0 aromatic carbocycles. The molecule has 2 aliphatic carbocycles. The van der Waals surface area contributed by atoms with Gasteiger partial charge in [0.1, 0.15) is 0 Å². The predicted molar refractivity (Wildman–Crippen MR) is 53.1 cm³/mol. The molecule has 0 unspecified atom stereocenters. The summed E-state index contributed by atoms with van der Waals surface area (Å²) < 4.78 is 0. The summed E-state index contributed by atoms with van der Waals surface area (Å²) in [4.78, 5) is 0. The molecular weight excluding hydrogens is 144 g/mol. The first-order chi connectivity index (χ1) is 5.38. The Labute approximate surface area is 76.1 Å². The molecule has 0 spiro atoms. The second-order valence-electron chi connectivity index (χ2n) is 6.24. The molecule has 0 aliphatic heterocycles. The SMILES string of the molecule is CC1(C)CC(=C2CC(C)(C)C2)C1. The number of allylic oxidation sites excluding steroid dienone is 2. The molecule has 0 aromatic heterocycles. The van der Waals surface area contributed by atoms with Gasteiger partial charge in [0.25, 0.3) is 0 Å². The Bertz CT molecular complexity index is 195. The maximum atomic E-state index is 2.38. The summed E-state index contributed by atoms with van der Waals surface area (Å²) >= 11 is 0. The van der Waals surface area contributed by atoms with Crippen molar-refractivity contribution in [2.24, 2.45) is 10.8 Å². The summed E-state index contributed by atoms with van der Waals surface area (Å²) in [5.41, 5.74) is 4.84. The minimum absolute atomic E-state index is 0.627. The predicted octanol–water partition coefficient (Wildman–Crippen LogP) is 3.92. The van der Waals surface area contributed by atoms with Crippen molar-refractivity contribution in [1.82, 2.24) is 0 Å². The zero-order valence-electron chi connectivity index (χ0n) is 8.83. The second kappa shape index (κ2) is 2.16. The van der Waals surface area contributed by atoms with Gasteiger partial charge >= 0.3 is 0 Å². The highest BCUT2D eigenvalue weighted by Gasteiger charge is 2.39. The third kappa shape index (κ3) is 1.32. The van der Waals surface area contributed by atoms with Crippen LogP contribution in [0.5, 0.6) is 0 Å². The second-order valence-corrected chi connectivity index (χ2v) is 6.24. The molecule has 2 fully saturated rings. The molecular formula is C12H20. The van der Waals surface area contributed by atoms with E-state index in [4.69, 9.17) is 0 Å². The van der Waals surface area contributed by atoms with Crippen LogP contribution in [0.25, 0.3) is 0 Å². The van der Waals surface area contributed by atoms with Gasteiger partial charge < -0.3 is 0 Å². The van der Waals surface area contributed by atoms with Crippen LogP contribution >= 0.6 is 0 Å². The van der Waals surface area contributed by atoms with Crippen molar-refractivity contribution in [2.45, 2.75) is 53.4 Å². The Morgan fingerprint density at radius 2 is 0.917 bits per heavy atom. The molecule has 0 heterocycles. The Balaban J connectivity index is 1.97. The smallest absolute Gasteiger partial charge is 0.0263 e. The normalized spacial score (nSPS) is 31.0. The average molecular weight is 164 g/mol. The lowest BCUT2D eigenvalue weighted by Crippen LogP contribution is -2.32. The highest BCUT2D eigenvalue weighted by atomic mass is 14.4. The summed E-state index contributed by atoms with van der Waals surface area (Å²) in [6, 6.07) is 0. The van der Waals surface area contributed by atoms with Crippen LogP contribution in [0.4, 0.5) is 0 Å². The minimum Gasteiger partial charge on any atom is -0.0699 e. The molecule has 0 heteroatoms. The zero-order valence-corrected chi connectivity index (χ0v) is 8.83. The molecule has 0 atom stereocenters. The number of hydrogen-bond acceptors (Lipinski definition) is 0. The molecule has 0 nitrogen and oxygen atoms in total. The molecule has 2 rings (SSSR count). The van der Waals surface area contributed by atoms with Gasteiger partial charge in [-0.1, -0.05) is 38.8 Å². The number of rotatable bonds is 0. The van der Waals surface area contributed by atoms with E-state index in [0.29, 0.717) is 10.8 Å². The summed E-state index contributed by atoms with van der Waals surface area (Å²) in [5, 5.41) is 0. The van der Waals surface area contributed by atoms with Crippen molar-refractivity contribution in [3.8, 4) is 0 Å². The molecule has 2 aliphatic rings. The highest BCUT2D eigenvalue weighted by molar-refractivity contribution is 5.30. The largest absolute Gasteiger partial charge is 0.0699 e. The topological polar surface area (TPSA) is 0 Å². The van der Waals surface area contributed by atoms with Crippen LogP contribution < -0.4 is 0 Å². The molecule has 2 saturated carbocycles. The van der Waals surface area contributed by atoms with Crippen molar-refractivity contribution in [1.29, 1.82) is 0 Å². The number of hydrogen-bond donors (Lipinski definition) is 0. The van der Waals surface area contributed by atoms with Gasteiger partial charge in [0.15, 0.2) is 0 Å². The van der Waals surface area contributed by atoms with Gasteiger partial charge in [-0.05, 0) is 36.5 Å². The fraction of sp³-hybridized carbons (Fsp3) is 0.833. The van der Waals surface area contributed by atoms with Gasteiger partial charge in [-0.25, -0.2) is 0 Å². The fourth-order valence-corrected chi connectivity index (χ4v) is 2.71. The summed E-state index contributed by atoms with van der Waals surface area (Å²) in [6.07, 6.45) is 5.49. The lowest BCUT2D eigenvalue weighted by molar-refractivity contribution is 0.226. The van der Waals surface area contributed by atoms with E-state index in [9.17, 15) is 0 Å². The van der Waals surface area contributed by atoms with Crippen LogP contribution in [0.2, 0.25) is 0 Å². The highest BCUT2D eigenvalue weighted by Crippen LogP contribution is 2.54. The quantitative estimate of drug-likeness (QED) is 0.476. The molecule has 0 radical (unpaired) electrons. The van der Waals surface area contributed by atoms with Crippen LogP contribution in [0.1, 0.15) is 53.4 Å². The Hall–Kier alpha value is -0.260. The van der Waals surface area contributed by atoms with Crippen molar-refractivity contribution in [3.05, 3.63) is 11.1 Å². The monoisotopic (exact) mass is 164 g/mol. The Kier molecular flexibility index (Phi) is 1.50. The van der Waals surface area contributed by atoms with E-state index in [0.717, 1.165) is 0 Å². The summed E-state index contributed by atoms with van der Waals surface area (Å²) in [7, 11) is 0. The Morgan fingerprint density at radius 3 is 1.08 bits per heavy atom. The molecule has 0 amide bonds. The van der Waals surface area contributed by atoms with Crippen LogP contribution in [0.3, 0.4) is 0 Å². The first kappa shape index (κ1) is 8.34. The third-order valence-electron chi connectivity index (χ3n) is 3.27. The van der Waals surface area contributed by atoms with E-state index >= 15 is 0 Å². The lowest BCUT2D eigenvalue weighted by Gasteiger charge is -2.46. The van der Waals surface area contributed by atoms with Crippen molar-refractivity contribution < 1.29 is 0 Å². The average Bonchev–Trinajstić information content (AvgIpc) is 1.76. The van der Waals surface area contributed by atoms with E-state index in [1.165, 1.54) is 25.7 Å². The molecule has 0 saturated heterocycles. The first-order valence-corrected chi connectivity index (χ1v) is 5.08. The van der Waals surface area contributed by atoms with Crippen molar-refractivity contribution >= 4 is 0 Å². The van der Waals surface area contributed by atoms with Gasteiger partial charge in [-0.15, -0.1) is 0 Å². The van der Waals surface area contributed by atoms with Crippen molar-refractivity contribution in [3.63, 3.8) is 0 Å². The zero-order chi connectivity index (χ0) is 8.98. The van der Waals surface area contributed by atoms with Crippen LogP contribution in [0, 0.1) is 10.8 Å². The Morgan fingerprint density at radius 1 is 0.667 bits per heavy atom. The van der Waals surface area contributed by atoms with Gasteiger partial charge in [0, 0.05) is 0 Å². The molecule has 0 aromatic rings. The van der Waals surface area contributed by atoms with Crippen LogP contribution in [-0.4, -0.2) is 0 Å². The first-order valence-electron chi connectivity index (χ1n) is 5.08. The van der Waals surface area contributed by atoms with E-state index in [-0.39, 0.29) is 0 Å². The summed E-state index contributed by atoms with van der Waals surface area (Å²) in [5.74, 6) is 0. The molecule has 12 heavy (non-hydrogen) atoms. The maximum Gasteiger partial charge on any atom is -0.0263 e. The van der Waals surface area contributed by atoms with Crippen molar-refractivity contribution in [2.75, 3.05) is 0 Å². The van der Waals surface area contributed by atoms with Gasteiger partial charge in [0.05, 0.1) is 0 Å². The van der Waals surface area contributed by atoms with Gasteiger partial charge in [-0.3, -0.25) is 0 Å². The summed E-state index contributed by atoms with van der Waals surface area (Å²) in [6.45, 7) is 9.50. The molecule has 0 N–H and O–H groups in total. The third-order valence-corrected chi connectivity index (χ3v) is 3.27. The van der Waals surface area contributed by atoms with E-state index in [2.05, 4.69) is 27.7 Å². The maximum absolute atomic E-state index is 2.38. The van der Waals surface area contributed by atoms with Crippen LogP contribution in [-0.2, 0) is 0 Å². The molecule has 68 valence electrons. The minimum atomic E-state index is 0.627. The van der Waals surface area contributed by atoms with E-state index in [1.54, 1.807) is 11.1 Å². The molecule has 0 bridgehead atoms. The van der Waals surface area contributed by atoms with E-state index in [1.807, 2.05) is 0 Å². The fourth-order valence-electron chi connectivity index (χ4n) is 2.71. The van der Waals surface area contributed by atoms with Crippen LogP contribution in [0.15, 0.2) is 11.1 Å². The van der Waals surface area contributed by atoms with Gasteiger partial charge in [-0.2, -0.15) is 0 Å². The van der Waals surface area contributed by atoms with E-state index < -0.39 is 0 Å². The standard InChI is InChI=1S/C12H20/c1-11(2)5-9(6-11)10-7-12(3,4)8-10/h5-8H2,1-4H3. The van der Waals surface area contributed by atoms with Gasteiger partial charge in [0.2, 0.25) is 0 Å².